The summed E-state index contributed by atoms with van der Waals surface area (Å²) in [6.07, 6.45) is 5.52. The van der Waals surface area contributed by atoms with Crippen LogP contribution in [0.2, 0.25) is 0 Å². The molecule has 1 N–H and O–H groups in total. The number of rotatable bonds is 3. The first kappa shape index (κ1) is 14.4. The lowest BCUT2D eigenvalue weighted by molar-refractivity contribution is 0.207. The van der Waals surface area contributed by atoms with Gasteiger partial charge in [0.25, 0.3) is 0 Å². The lowest BCUT2D eigenvalue weighted by atomic mass is 10.1. The number of hydrogen-bond acceptors (Lipinski definition) is 3. The number of aromatic nitrogens is 1. The molecule has 5 nitrogen and oxygen atoms in total. The summed E-state index contributed by atoms with van der Waals surface area (Å²) in [7, 11) is 1.60. The number of ether oxygens (including phenoxy) is 1. The molecule has 1 fully saturated rings. The van der Waals surface area contributed by atoms with Gasteiger partial charge in [-0.3, -0.25) is 4.98 Å². The van der Waals surface area contributed by atoms with Crippen LogP contribution in [-0.4, -0.2) is 29.6 Å². The molecule has 3 rings (SSSR count). The van der Waals surface area contributed by atoms with Crippen LogP contribution >= 0.6 is 0 Å². The van der Waals surface area contributed by atoms with Crippen LogP contribution < -0.4 is 10.1 Å². The van der Waals surface area contributed by atoms with Gasteiger partial charge in [-0.2, -0.15) is 0 Å². The van der Waals surface area contributed by atoms with Gasteiger partial charge in [0, 0.05) is 18.9 Å². The molecular formula is C17H19N3O2. The molecule has 114 valence electrons. The third-order valence-electron chi connectivity index (χ3n) is 3.95. The van der Waals surface area contributed by atoms with Gasteiger partial charge in [0.2, 0.25) is 0 Å². The fourth-order valence-electron chi connectivity index (χ4n) is 2.88. The Balaban J connectivity index is 1.77. The first-order chi connectivity index (χ1) is 10.8. The molecule has 2 aromatic rings. The summed E-state index contributed by atoms with van der Waals surface area (Å²) in [5, 5.41) is 2.95. The lowest BCUT2D eigenvalue weighted by Crippen LogP contribution is -2.34. The van der Waals surface area contributed by atoms with E-state index in [1.807, 2.05) is 41.3 Å². The number of para-hydroxylation sites is 2. The number of hydrogen-bond donors (Lipinski definition) is 1. The highest BCUT2D eigenvalue weighted by molar-refractivity contribution is 5.91. The molecular weight excluding hydrogens is 278 g/mol. The van der Waals surface area contributed by atoms with Crippen molar-refractivity contribution in [3.63, 3.8) is 0 Å². The van der Waals surface area contributed by atoms with Crippen molar-refractivity contribution >= 4 is 11.7 Å². The van der Waals surface area contributed by atoms with Crippen LogP contribution in [-0.2, 0) is 0 Å². The van der Waals surface area contributed by atoms with Crippen molar-refractivity contribution in [2.45, 2.75) is 18.9 Å². The average Bonchev–Trinajstić information content (AvgIpc) is 3.06. The number of urea groups is 1. The van der Waals surface area contributed by atoms with Gasteiger partial charge in [-0.1, -0.05) is 12.1 Å². The Labute approximate surface area is 129 Å². The monoisotopic (exact) mass is 297 g/mol. The maximum absolute atomic E-state index is 12.6. The molecule has 1 aliphatic heterocycles. The van der Waals surface area contributed by atoms with Crippen LogP contribution in [0, 0.1) is 0 Å². The van der Waals surface area contributed by atoms with Crippen molar-refractivity contribution in [2.75, 3.05) is 19.0 Å². The second-order valence-electron chi connectivity index (χ2n) is 5.26. The number of pyridine rings is 1. The van der Waals surface area contributed by atoms with Gasteiger partial charge in [-0.25, -0.2) is 4.79 Å². The Morgan fingerprint density at radius 1 is 1.27 bits per heavy atom. The van der Waals surface area contributed by atoms with E-state index in [2.05, 4.69) is 10.3 Å². The highest BCUT2D eigenvalue weighted by Crippen LogP contribution is 2.32. The molecule has 1 aromatic carbocycles. The van der Waals surface area contributed by atoms with Gasteiger partial charge in [-0.15, -0.1) is 0 Å². The number of benzene rings is 1. The van der Waals surface area contributed by atoms with Gasteiger partial charge in [0.15, 0.2) is 0 Å². The molecule has 0 bridgehead atoms. The zero-order chi connectivity index (χ0) is 15.4. The van der Waals surface area contributed by atoms with Crippen LogP contribution in [0.25, 0.3) is 0 Å². The fraction of sp³-hybridized carbons (Fsp3) is 0.294. The third-order valence-corrected chi connectivity index (χ3v) is 3.95. The third kappa shape index (κ3) is 2.88. The van der Waals surface area contributed by atoms with Crippen molar-refractivity contribution in [1.82, 2.24) is 9.88 Å². The lowest BCUT2D eigenvalue weighted by Gasteiger charge is -2.25. The number of nitrogens with zero attached hydrogens (tertiary/aromatic N) is 2. The van der Waals surface area contributed by atoms with Crippen LogP contribution in [0.5, 0.6) is 5.75 Å². The number of amides is 2. The van der Waals surface area contributed by atoms with Gasteiger partial charge >= 0.3 is 6.03 Å². The fourth-order valence-corrected chi connectivity index (χ4v) is 2.88. The molecule has 22 heavy (non-hydrogen) atoms. The molecule has 5 heteroatoms. The topological polar surface area (TPSA) is 54.5 Å². The molecule has 2 amide bonds. The molecule has 1 aromatic heterocycles. The molecule has 2 heterocycles. The molecule has 0 spiro atoms. The first-order valence-electron chi connectivity index (χ1n) is 7.40. The maximum Gasteiger partial charge on any atom is 0.322 e. The smallest absolute Gasteiger partial charge is 0.322 e. The minimum atomic E-state index is -0.0937. The minimum Gasteiger partial charge on any atom is -0.495 e. The Bertz CT molecular complexity index is 645. The average molecular weight is 297 g/mol. The van der Waals surface area contributed by atoms with E-state index in [9.17, 15) is 4.79 Å². The molecule has 1 saturated heterocycles. The van der Waals surface area contributed by atoms with E-state index < -0.39 is 0 Å². The van der Waals surface area contributed by atoms with Crippen LogP contribution in [0.1, 0.15) is 24.4 Å². The summed E-state index contributed by atoms with van der Waals surface area (Å²) in [4.78, 5) is 18.5. The number of carbonyl (C=O) groups excluding carboxylic acids is 1. The number of likely N-dealkylation sites (tertiary alicyclic amines) is 1. The number of nitrogens with one attached hydrogen (secondary N) is 1. The van der Waals surface area contributed by atoms with Crippen molar-refractivity contribution in [3.8, 4) is 5.75 Å². The molecule has 1 aliphatic rings. The number of carbonyl (C=O) groups is 1. The van der Waals surface area contributed by atoms with E-state index in [4.69, 9.17) is 4.74 Å². The molecule has 0 saturated carbocycles. The molecule has 1 unspecified atom stereocenters. The number of anilines is 1. The largest absolute Gasteiger partial charge is 0.495 e. The predicted molar refractivity (Wildman–Crippen MR) is 84.9 cm³/mol. The second kappa shape index (κ2) is 6.47. The first-order valence-corrected chi connectivity index (χ1v) is 7.40. The SMILES string of the molecule is COc1ccccc1NC(=O)N1CCCC1c1ccncc1. The van der Waals surface area contributed by atoms with Crippen molar-refractivity contribution in [1.29, 1.82) is 0 Å². The zero-order valence-electron chi connectivity index (χ0n) is 12.5. The Morgan fingerprint density at radius 2 is 2.05 bits per heavy atom. The normalized spacial score (nSPS) is 17.3. The van der Waals surface area contributed by atoms with Crippen LogP contribution in [0.3, 0.4) is 0 Å². The Hall–Kier alpha value is -2.56. The Kier molecular flexibility index (Phi) is 4.23. The molecule has 0 radical (unpaired) electrons. The number of methoxy groups -OCH3 is 1. The minimum absolute atomic E-state index is 0.0937. The molecule has 0 aliphatic carbocycles. The van der Waals surface area contributed by atoms with E-state index in [1.54, 1.807) is 19.5 Å². The van der Waals surface area contributed by atoms with Crippen molar-refractivity contribution < 1.29 is 9.53 Å². The zero-order valence-corrected chi connectivity index (χ0v) is 12.5. The summed E-state index contributed by atoms with van der Waals surface area (Å²) in [6.45, 7) is 0.758. The van der Waals surface area contributed by atoms with Crippen molar-refractivity contribution in [3.05, 3.63) is 54.4 Å². The van der Waals surface area contributed by atoms with Gasteiger partial charge in [-0.05, 0) is 42.7 Å². The summed E-state index contributed by atoms with van der Waals surface area (Å²) in [6, 6.07) is 11.4. The van der Waals surface area contributed by atoms with E-state index in [1.165, 1.54) is 0 Å². The van der Waals surface area contributed by atoms with E-state index >= 15 is 0 Å². The molecule has 1 atom stereocenters. The summed E-state index contributed by atoms with van der Waals surface area (Å²) >= 11 is 0. The second-order valence-corrected chi connectivity index (χ2v) is 5.26. The summed E-state index contributed by atoms with van der Waals surface area (Å²) < 4.78 is 5.28. The quantitative estimate of drug-likeness (QED) is 0.944. The van der Waals surface area contributed by atoms with E-state index in [-0.39, 0.29) is 12.1 Å². The standard InChI is InChI=1S/C17H19N3O2/c1-22-16-7-3-2-5-14(16)19-17(21)20-12-4-6-15(20)13-8-10-18-11-9-13/h2-3,5,7-11,15H,4,6,12H2,1H3,(H,19,21). The van der Waals surface area contributed by atoms with Crippen molar-refractivity contribution in [2.24, 2.45) is 0 Å². The van der Waals surface area contributed by atoms with Gasteiger partial charge in [0.1, 0.15) is 5.75 Å². The highest BCUT2D eigenvalue weighted by Gasteiger charge is 2.30. The maximum atomic E-state index is 12.6. The van der Waals surface area contributed by atoms with Crippen LogP contribution in [0.4, 0.5) is 10.5 Å². The summed E-state index contributed by atoms with van der Waals surface area (Å²) in [5.74, 6) is 0.663. The van der Waals surface area contributed by atoms with Crippen LogP contribution in [0.15, 0.2) is 48.8 Å². The van der Waals surface area contributed by atoms with Gasteiger partial charge < -0.3 is 15.0 Å². The Morgan fingerprint density at radius 3 is 2.82 bits per heavy atom. The van der Waals surface area contributed by atoms with E-state index in [0.29, 0.717) is 11.4 Å². The highest BCUT2D eigenvalue weighted by atomic mass is 16.5. The summed E-state index contributed by atoms with van der Waals surface area (Å²) in [5.41, 5.74) is 1.82. The predicted octanol–water partition coefficient (Wildman–Crippen LogP) is 3.46. The van der Waals surface area contributed by atoms with E-state index in [0.717, 1.165) is 24.9 Å². The van der Waals surface area contributed by atoms with Gasteiger partial charge in [0.05, 0.1) is 18.8 Å².